The lowest BCUT2D eigenvalue weighted by atomic mass is 10.1. The van der Waals surface area contributed by atoms with Crippen LogP contribution in [0.15, 0.2) is 47.2 Å². The third kappa shape index (κ3) is 3.55. The Morgan fingerprint density at radius 3 is 2.67 bits per heavy atom. The molecule has 0 aliphatic heterocycles. The molecular weight excluding hydrogens is 353 g/mol. The van der Waals surface area contributed by atoms with Crippen LogP contribution in [0.25, 0.3) is 22.2 Å². The fraction of sp³-hybridized carbons (Fsp3) is 0.0588. The molecule has 0 N–H and O–H groups in total. The molecule has 120 valence electrons. The molecule has 0 saturated heterocycles. The summed E-state index contributed by atoms with van der Waals surface area (Å²) in [5.74, 6) is 0. The van der Waals surface area contributed by atoms with E-state index in [-0.39, 0.29) is 5.57 Å². The van der Waals surface area contributed by atoms with E-state index in [1.807, 2.05) is 29.0 Å². The fourth-order valence-electron chi connectivity index (χ4n) is 2.05. The van der Waals surface area contributed by atoms with Crippen LogP contribution in [0.2, 0.25) is 0 Å². The number of thiazole rings is 1. The number of benzene rings is 1. The maximum absolute atomic E-state index is 12.8. The summed E-state index contributed by atoms with van der Waals surface area (Å²) in [6.07, 6.45) is -2.99. The van der Waals surface area contributed by atoms with Crippen LogP contribution in [0.3, 0.4) is 0 Å². The minimum atomic E-state index is -4.41. The Hall–Kier alpha value is -2.43. The van der Waals surface area contributed by atoms with Gasteiger partial charge in [-0.25, -0.2) is 4.98 Å². The fourth-order valence-corrected chi connectivity index (χ4v) is 3.59. The number of allylic oxidation sites excluding steroid dienone is 1. The second-order valence-corrected chi connectivity index (χ2v) is 6.61. The number of alkyl halides is 3. The van der Waals surface area contributed by atoms with Crippen molar-refractivity contribution in [1.82, 2.24) is 4.98 Å². The highest BCUT2D eigenvalue weighted by atomic mass is 32.1. The van der Waals surface area contributed by atoms with E-state index in [1.165, 1.54) is 40.9 Å². The molecule has 1 aromatic carbocycles. The summed E-state index contributed by atoms with van der Waals surface area (Å²) in [6.45, 7) is 0. The Morgan fingerprint density at radius 2 is 2.00 bits per heavy atom. The molecule has 2 nitrogen and oxygen atoms in total. The molecule has 3 aromatic rings. The molecule has 0 unspecified atom stereocenters. The van der Waals surface area contributed by atoms with Crippen molar-refractivity contribution in [3.8, 4) is 16.6 Å². The molecule has 2 aromatic heterocycles. The van der Waals surface area contributed by atoms with Crippen molar-refractivity contribution in [2.75, 3.05) is 0 Å². The third-order valence-electron chi connectivity index (χ3n) is 3.15. The first-order chi connectivity index (χ1) is 11.5. The smallest absolute Gasteiger partial charge is 0.234 e. The number of nitriles is 1. The van der Waals surface area contributed by atoms with Crippen LogP contribution in [0.4, 0.5) is 13.2 Å². The van der Waals surface area contributed by atoms with Gasteiger partial charge in [-0.1, -0.05) is 18.2 Å². The molecule has 0 spiro atoms. The predicted molar refractivity (Wildman–Crippen MR) is 90.4 cm³/mol. The second-order valence-electron chi connectivity index (χ2n) is 4.81. The van der Waals surface area contributed by atoms with E-state index in [0.29, 0.717) is 10.6 Å². The molecular formula is C17H9F3N2S2. The van der Waals surface area contributed by atoms with Gasteiger partial charge in [-0.15, -0.1) is 22.7 Å². The number of halogens is 3. The molecule has 2 heterocycles. The van der Waals surface area contributed by atoms with Gasteiger partial charge in [-0.05, 0) is 35.2 Å². The van der Waals surface area contributed by atoms with E-state index in [1.54, 1.807) is 0 Å². The number of hydrogen-bond acceptors (Lipinski definition) is 4. The van der Waals surface area contributed by atoms with E-state index in [0.717, 1.165) is 22.7 Å². The van der Waals surface area contributed by atoms with Crippen LogP contribution in [-0.2, 0) is 6.18 Å². The van der Waals surface area contributed by atoms with Crippen LogP contribution in [0, 0.1) is 11.3 Å². The van der Waals surface area contributed by atoms with E-state index in [4.69, 9.17) is 0 Å². The van der Waals surface area contributed by atoms with Crippen molar-refractivity contribution in [2.45, 2.75) is 6.18 Å². The van der Waals surface area contributed by atoms with Crippen molar-refractivity contribution < 1.29 is 13.2 Å². The zero-order valence-corrected chi connectivity index (χ0v) is 13.7. The molecule has 3 rings (SSSR count). The Morgan fingerprint density at radius 1 is 1.17 bits per heavy atom. The minimum absolute atomic E-state index is 0.238. The largest absolute Gasteiger partial charge is 0.416 e. The predicted octanol–water partition coefficient (Wildman–Crippen LogP) is 5.95. The highest BCUT2D eigenvalue weighted by Gasteiger charge is 2.30. The summed E-state index contributed by atoms with van der Waals surface area (Å²) in [5, 5.41) is 13.6. The third-order valence-corrected chi connectivity index (χ3v) is 4.92. The topological polar surface area (TPSA) is 36.7 Å². The zero-order chi connectivity index (χ0) is 17.2. The van der Waals surface area contributed by atoms with Crippen molar-refractivity contribution in [3.63, 3.8) is 0 Å². The van der Waals surface area contributed by atoms with Gasteiger partial charge in [0.2, 0.25) is 0 Å². The minimum Gasteiger partial charge on any atom is -0.234 e. The first-order valence-corrected chi connectivity index (χ1v) is 8.52. The summed E-state index contributed by atoms with van der Waals surface area (Å²) in [7, 11) is 0. The average Bonchev–Trinajstić information content (AvgIpc) is 3.23. The number of rotatable bonds is 3. The second kappa shape index (κ2) is 6.59. The SMILES string of the molecule is N#C/C(=C/c1cccc(C(F)(F)F)c1)c1nc(-c2cccs2)cs1. The van der Waals surface area contributed by atoms with Crippen LogP contribution in [-0.4, -0.2) is 4.98 Å². The van der Waals surface area contributed by atoms with Crippen molar-refractivity contribution in [3.05, 3.63) is 63.3 Å². The lowest BCUT2D eigenvalue weighted by Crippen LogP contribution is -2.04. The number of thiophene rings is 1. The quantitative estimate of drug-likeness (QED) is 0.540. The van der Waals surface area contributed by atoms with Gasteiger partial charge in [0, 0.05) is 5.38 Å². The molecule has 0 atom stereocenters. The number of hydrogen-bond donors (Lipinski definition) is 0. The summed E-state index contributed by atoms with van der Waals surface area (Å²) >= 11 is 2.83. The van der Waals surface area contributed by atoms with E-state index in [2.05, 4.69) is 4.98 Å². The molecule has 0 fully saturated rings. The van der Waals surface area contributed by atoms with E-state index < -0.39 is 11.7 Å². The Kier molecular flexibility index (Phi) is 4.51. The van der Waals surface area contributed by atoms with Gasteiger partial charge in [0.05, 0.1) is 21.7 Å². The number of nitrogens with zero attached hydrogens (tertiary/aromatic N) is 2. The molecule has 0 saturated carbocycles. The molecule has 0 bridgehead atoms. The Bertz CT molecular complexity index is 916. The maximum Gasteiger partial charge on any atom is 0.416 e. The lowest BCUT2D eigenvalue weighted by molar-refractivity contribution is -0.137. The normalized spacial score (nSPS) is 12.2. The highest BCUT2D eigenvalue weighted by molar-refractivity contribution is 7.14. The van der Waals surface area contributed by atoms with Crippen LogP contribution >= 0.6 is 22.7 Å². The van der Waals surface area contributed by atoms with Crippen LogP contribution in [0.5, 0.6) is 0 Å². The van der Waals surface area contributed by atoms with Gasteiger partial charge >= 0.3 is 6.18 Å². The Balaban J connectivity index is 1.95. The van der Waals surface area contributed by atoms with E-state index >= 15 is 0 Å². The van der Waals surface area contributed by atoms with Gasteiger partial charge < -0.3 is 0 Å². The first kappa shape index (κ1) is 16.4. The van der Waals surface area contributed by atoms with Crippen LogP contribution in [0.1, 0.15) is 16.1 Å². The van der Waals surface area contributed by atoms with Gasteiger partial charge in [-0.3, -0.25) is 0 Å². The van der Waals surface area contributed by atoms with Gasteiger partial charge in [0.1, 0.15) is 11.1 Å². The molecule has 0 aliphatic carbocycles. The summed E-state index contributed by atoms with van der Waals surface area (Å²) in [5.41, 5.74) is 0.568. The Labute approximate surface area is 144 Å². The standard InChI is InChI=1S/C17H9F3N2S2/c18-17(19,20)13-4-1-3-11(8-13)7-12(9-21)16-22-14(10-24-16)15-5-2-6-23-15/h1-8,10H/b12-7-. The zero-order valence-electron chi connectivity index (χ0n) is 12.0. The van der Waals surface area contributed by atoms with Crippen LogP contribution < -0.4 is 0 Å². The highest BCUT2D eigenvalue weighted by Crippen LogP contribution is 2.32. The first-order valence-electron chi connectivity index (χ1n) is 6.76. The molecule has 0 amide bonds. The molecule has 24 heavy (non-hydrogen) atoms. The monoisotopic (exact) mass is 362 g/mol. The van der Waals surface area contributed by atoms with Crippen molar-refractivity contribution >= 4 is 34.3 Å². The lowest BCUT2D eigenvalue weighted by Gasteiger charge is -2.06. The number of aromatic nitrogens is 1. The summed E-state index contributed by atoms with van der Waals surface area (Å²) in [4.78, 5) is 5.39. The molecule has 7 heteroatoms. The van der Waals surface area contributed by atoms with Crippen molar-refractivity contribution in [2.24, 2.45) is 0 Å². The maximum atomic E-state index is 12.8. The van der Waals surface area contributed by atoms with Gasteiger partial charge in [-0.2, -0.15) is 18.4 Å². The average molecular weight is 362 g/mol. The summed E-state index contributed by atoms with van der Waals surface area (Å²) < 4.78 is 38.3. The van der Waals surface area contributed by atoms with Gasteiger partial charge in [0.25, 0.3) is 0 Å². The molecule has 0 radical (unpaired) electrons. The van der Waals surface area contributed by atoms with E-state index in [9.17, 15) is 18.4 Å². The van der Waals surface area contributed by atoms with Crippen molar-refractivity contribution in [1.29, 1.82) is 5.26 Å². The van der Waals surface area contributed by atoms with Gasteiger partial charge in [0.15, 0.2) is 0 Å². The summed E-state index contributed by atoms with van der Waals surface area (Å²) in [6, 6.07) is 10.7. The molecule has 0 aliphatic rings.